The molecule has 0 bridgehead atoms. The SMILES string of the molecule is NC(=O)CCCCNc1ncccc1[N+](=O)[O-]. The van der Waals surface area contributed by atoms with Crippen LogP contribution in [0.15, 0.2) is 18.3 Å². The largest absolute Gasteiger partial charge is 0.370 e. The average Bonchev–Trinajstić information content (AvgIpc) is 2.28. The Balaban J connectivity index is 2.41. The third kappa shape index (κ3) is 4.45. The third-order valence-electron chi connectivity index (χ3n) is 2.13. The number of amides is 1. The second-order valence-electron chi connectivity index (χ2n) is 3.48. The molecule has 1 aromatic heterocycles. The van der Waals surface area contributed by atoms with Crippen molar-refractivity contribution in [3.8, 4) is 0 Å². The van der Waals surface area contributed by atoms with Crippen LogP contribution in [0.4, 0.5) is 11.5 Å². The van der Waals surface area contributed by atoms with Gasteiger partial charge in [-0.15, -0.1) is 0 Å². The lowest BCUT2D eigenvalue weighted by atomic mass is 10.2. The van der Waals surface area contributed by atoms with Gasteiger partial charge in [-0.05, 0) is 18.9 Å². The van der Waals surface area contributed by atoms with E-state index >= 15 is 0 Å². The highest BCUT2D eigenvalue weighted by Crippen LogP contribution is 2.19. The predicted octanol–water partition coefficient (Wildman–Crippen LogP) is 1.06. The molecule has 0 saturated heterocycles. The van der Waals surface area contributed by atoms with Crippen LogP contribution >= 0.6 is 0 Å². The molecule has 0 aliphatic heterocycles. The van der Waals surface area contributed by atoms with E-state index in [0.29, 0.717) is 25.8 Å². The van der Waals surface area contributed by atoms with Crippen molar-refractivity contribution in [1.29, 1.82) is 0 Å². The Bertz CT molecular complexity index is 408. The van der Waals surface area contributed by atoms with Crippen molar-refractivity contribution in [2.24, 2.45) is 5.73 Å². The van der Waals surface area contributed by atoms with Crippen LogP contribution in [0.1, 0.15) is 19.3 Å². The zero-order valence-corrected chi connectivity index (χ0v) is 9.26. The van der Waals surface area contributed by atoms with Crippen LogP contribution in [0.25, 0.3) is 0 Å². The molecule has 1 amide bonds. The maximum atomic E-state index is 10.7. The van der Waals surface area contributed by atoms with Crippen molar-refractivity contribution in [3.63, 3.8) is 0 Å². The lowest BCUT2D eigenvalue weighted by Crippen LogP contribution is -2.11. The van der Waals surface area contributed by atoms with Gasteiger partial charge in [0.25, 0.3) is 0 Å². The zero-order chi connectivity index (χ0) is 12.7. The monoisotopic (exact) mass is 238 g/mol. The number of nitrogens with two attached hydrogens (primary N) is 1. The first-order valence-electron chi connectivity index (χ1n) is 5.23. The number of anilines is 1. The summed E-state index contributed by atoms with van der Waals surface area (Å²) in [4.78, 5) is 24.5. The van der Waals surface area contributed by atoms with Gasteiger partial charge in [-0.2, -0.15) is 0 Å². The number of aromatic nitrogens is 1. The van der Waals surface area contributed by atoms with Crippen LogP contribution in [0.3, 0.4) is 0 Å². The van der Waals surface area contributed by atoms with Crippen LogP contribution < -0.4 is 11.1 Å². The fraction of sp³-hybridized carbons (Fsp3) is 0.400. The molecule has 7 nitrogen and oxygen atoms in total. The maximum absolute atomic E-state index is 10.7. The van der Waals surface area contributed by atoms with Crippen LogP contribution in [0, 0.1) is 10.1 Å². The number of primary amides is 1. The Labute approximate surface area is 98.2 Å². The number of unbranched alkanes of at least 4 members (excludes halogenated alkanes) is 1. The Kier molecular flexibility index (Phi) is 4.86. The molecule has 1 rings (SSSR count). The van der Waals surface area contributed by atoms with E-state index in [1.54, 1.807) is 0 Å². The zero-order valence-electron chi connectivity index (χ0n) is 9.26. The van der Waals surface area contributed by atoms with E-state index in [9.17, 15) is 14.9 Å². The molecule has 0 aliphatic carbocycles. The standard InChI is InChI=1S/C10H14N4O3/c11-9(15)5-1-2-6-12-10-8(14(16)17)4-3-7-13-10/h3-4,7H,1-2,5-6H2,(H2,11,15)(H,12,13). The summed E-state index contributed by atoms with van der Waals surface area (Å²) in [6, 6.07) is 2.90. The van der Waals surface area contributed by atoms with Crippen molar-refractivity contribution in [3.05, 3.63) is 28.4 Å². The molecule has 0 aromatic carbocycles. The van der Waals surface area contributed by atoms with Gasteiger partial charge in [0.05, 0.1) is 4.92 Å². The van der Waals surface area contributed by atoms with E-state index < -0.39 is 4.92 Å². The molecular formula is C10H14N4O3. The number of nitro groups is 1. The summed E-state index contributed by atoms with van der Waals surface area (Å²) < 4.78 is 0. The van der Waals surface area contributed by atoms with Crippen molar-refractivity contribution >= 4 is 17.4 Å². The molecule has 0 saturated carbocycles. The van der Waals surface area contributed by atoms with Gasteiger partial charge in [0.2, 0.25) is 11.7 Å². The molecule has 1 heterocycles. The van der Waals surface area contributed by atoms with Gasteiger partial charge in [-0.25, -0.2) is 4.98 Å². The number of rotatable bonds is 7. The third-order valence-corrected chi connectivity index (χ3v) is 2.13. The van der Waals surface area contributed by atoms with Gasteiger partial charge < -0.3 is 11.1 Å². The van der Waals surface area contributed by atoms with Gasteiger partial charge in [-0.1, -0.05) is 0 Å². The van der Waals surface area contributed by atoms with Crippen LogP contribution in [-0.4, -0.2) is 22.4 Å². The van der Waals surface area contributed by atoms with E-state index in [-0.39, 0.29) is 17.4 Å². The normalized spacial score (nSPS) is 9.88. The predicted molar refractivity (Wildman–Crippen MR) is 62.4 cm³/mol. The first-order chi connectivity index (χ1) is 8.11. The number of nitrogens with one attached hydrogen (secondary N) is 1. The highest BCUT2D eigenvalue weighted by atomic mass is 16.6. The number of nitrogens with zero attached hydrogens (tertiary/aromatic N) is 2. The van der Waals surface area contributed by atoms with Crippen LogP contribution in [0.5, 0.6) is 0 Å². The minimum atomic E-state index is -0.487. The molecule has 7 heteroatoms. The molecule has 0 radical (unpaired) electrons. The van der Waals surface area contributed by atoms with Crippen molar-refractivity contribution < 1.29 is 9.72 Å². The first-order valence-corrected chi connectivity index (χ1v) is 5.23. The number of hydrogen-bond donors (Lipinski definition) is 2. The van der Waals surface area contributed by atoms with Gasteiger partial charge in [0, 0.05) is 25.2 Å². The Morgan fingerprint density at radius 1 is 1.53 bits per heavy atom. The summed E-state index contributed by atoms with van der Waals surface area (Å²) in [7, 11) is 0. The van der Waals surface area contributed by atoms with Gasteiger partial charge in [0.1, 0.15) is 0 Å². The van der Waals surface area contributed by atoms with Gasteiger partial charge in [0.15, 0.2) is 0 Å². The van der Waals surface area contributed by atoms with Crippen LogP contribution in [-0.2, 0) is 4.79 Å². The fourth-order valence-electron chi connectivity index (χ4n) is 1.31. The number of carbonyl (C=O) groups is 1. The van der Waals surface area contributed by atoms with E-state index in [1.165, 1.54) is 18.3 Å². The molecule has 0 atom stereocenters. The van der Waals surface area contributed by atoms with Crippen molar-refractivity contribution in [2.75, 3.05) is 11.9 Å². The Morgan fingerprint density at radius 2 is 2.29 bits per heavy atom. The van der Waals surface area contributed by atoms with E-state index in [2.05, 4.69) is 10.3 Å². The topological polar surface area (TPSA) is 111 Å². The van der Waals surface area contributed by atoms with Gasteiger partial charge in [-0.3, -0.25) is 14.9 Å². The molecule has 0 unspecified atom stereocenters. The minimum Gasteiger partial charge on any atom is -0.370 e. The molecule has 0 spiro atoms. The Hall–Kier alpha value is -2.18. The summed E-state index contributed by atoms with van der Waals surface area (Å²) in [6.07, 6.45) is 3.17. The van der Waals surface area contributed by atoms with Crippen molar-refractivity contribution in [2.45, 2.75) is 19.3 Å². The molecular weight excluding hydrogens is 224 g/mol. The number of pyridine rings is 1. The highest BCUT2D eigenvalue weighted by molar-refractivity contribution is 5.73. The maximum Gasteiger partial charge on any atom is 0.311 e. The fourth-order valence-corrected chi connectivity index (χ4v) is 1.31. The molecule has 0 fully saturated rings. The van der Waals surface area contributed by atoms with E-state index in [0.717, 1.165) is 0 Å². The minimum absolute atomic E-state index is 0.0533. The summed E-state index contributed by atoms with van der Waals surface area (Å²) in [5.41, 5.74) is 4.94. The molecule has 0 aliphatic rings. The number of hydrogen-bond acceptors (Lipinski definition) is 5. The van der Waals surface area contributed by atoms with Crippen molar-refractivity contribution in [1.82, 2.24) is 4.98 Å². The smallest absolute Gasteiger partial charge is 0.311 e. The van der Waals surface area contributed by atoms with E-state index in [4.69, 9.17) is 5.73 Å². The lowest BCUT2D eigenvalue weighted by Gasteiger charge is -2.04. The lowest BCUT2D eigenvalue weighted by molar-refractivity contribution is -0.384. The second-order valence-corrected chi connectivity index (χ2v) is 3.48. The van der Waals surface area contributed by atoms with E-state index in [1.807, 2.05) is 0 Å². The molecule has 17 heavy (non-hydrogen) atoms. The molecule has 1 aromatic rings. The van der Waals surface area contributed by atoms with Gasteiger partial charge >= 0.3 is 5.69 Å². The quantitative estimate of drug-likeness (QED) is 0.419. The molecule has 92 valence electrons. The van der Waals surface area contributed by atoms with Crippen LogP contribution in [0.2, 0.25) is 0 Å². The summed E-state index contributed by atoms with van der Waals surface area (Å²) >= 11 is 0. The second kappa shape index (κ2) is 6.41. The highest BCUT2D eigenvalue weighted by Gasteiger charge is 2.12. The average molecular weight is 238 g/mol. The summed E-state index contributed by atoms with van der Waals surface area (Å²) in [6.45, 7) is 0.519. The number of carbonyl (C=O) groups excluding carboxylic acids is 1. The molecule has 3 N–H and O–H groups in total. The Morgan fingerprint density at radius 3 is 2.94 bits per heavy atom. The first kappa shape index (κ1) is 12.9. The summed E-state index contributed by atoms with van der Waals surface area (Å²) in [5, 5.41) is 13.5. The summed E-state index contributed by atoms with van der Waals surface area (Å²) in [5.74, 6) is -0.0922.